The summed E-state index contributed by atoms with van der Waals surface area (Å²) in [7, 11) is 0. The molecule has 3 nitrogen and oxygen atoms in total. The first-order chi connectivity index (χ1) is 8.24. The number of rotatable bonds is 3. The van der Waals surface area contributed by atoms with Gasteiger partial charge in [-0.3, -0.25) is 4.79 Å². The van der Waals surface area contributed by atoms with Crippen LogP contribution in [0.5, 0.6) is 0 Å². The molecule has 0 aliphatic rings. The number of terminal acetylenes is 1. The van der Waals surface area contributed by atoms with Crippen molar-refractivity contribution in [2.24, 2.45) is 0 Å². The van der Waals surface area contributed by atoms with E-state index in [2.05, 4.69) is 22.8 Å². The van der Waals surface area contributed by atoms with Gasteiger partial charge in [0.05, 0.1) is 10.9 Å². The molecular formula is C14H14N2O. The van der Waals surface area contributed by atoms with E-state index >= 15 is 0 Å². The largest absolute Gasteiger partial charge is 0.343 e. The molecule has 1 heterocycles. The molecule has 2 rings (SSSR count). The summed E-state index contributed by atoms with van der Waals surface area (Å²) in [5, 5.41) is 0.556. The van der Waals surface area contributed by atoms with Gasteiger partial charge in [0.15, 0.2) is 0 Å². The van der Waals surface area contributed by atoms with Crippen molar-refractivity contribution in [1.29, 1.82) is 0 Å². The van der Waals surface area contributed by atoms with E-state index in [1.165, 1.54) is 0 Å². The van der Waals surface area contributed by atoms with Gasteiger partial charge in [-0.1, -0.05) is 19.3 Å². The van der Waals surface area contributed by atoms with Gasteiger partial charge in [-0.15, -0.1) is 6.42 Å². The van der Waals surface area contributed by atoms with Crippen LogP contribution >= 0.6 is 0 Å². The topological polar surface area (TPSA) is 45.8 Å². The SMILES string of the molecule is C#Cc1ccc2[nH]c(CCCC)nc(=O)c2c1. The molecule has 0 aliphatic carbocycles. The van der Waals surface area contributed by atoms with Crippen LogP contribution in [0.25, 0.3) is 10.9 Å². The number of nitrogens with one attached hydrogen (secondary N) is 1. The molecule has 1 aromatic carbocycles. The molecule has 0 unspecified atom stereocenters. The Kier molecular flexibility index (Phi) is 3.24. The summed E-state index contributed by atoms with van der Waals surface area (Å²) < 4.78 is 0. The summed E-state index contributed by atoms with van der Waals surface area (Å²) in [5.74, 6) is 3.26. The zero-order chi connectivity index (χ0) is 12.3. The maximum Gasteiger partial charge on any atom is 0.280 e. The molecule has 0 saturated carbocycles. The van der Waals surface area contributed by atoms with Gasteiger partial charge in [0.25, 0.3) is 5.56 Å². The highest BCUT2D eigenvalue weighted by Crippen LogP contribution is 2.10. The van der Waals surface area contributed by atoms with E-state index < -0.39 is 0 Å². The maximum absolute atomic E-state index is 11.8. The highest BCUT2D eigenvalue weighted by Gasteiger charge is 2.04. The van der Waals surface area contributed by atoms with E-state index in [-0.39, 0.29) is 5.56 Å². The molecule has 0 fully saturated rings. The fraction of sp³-hybridized carbons (Fsp3) is 0.286. The molecule has 1 aromatic heterocycles. The Labute approximate surface area is 99.9 Å². The Bertz CT molecular complexity index is 635. The molecule has 0 atom stereocenters. The van der Waals surface area contributed by atoms with Gasteiger partial charge < -0.3 is 4.98 Å². The van der Waals surface area contributed by atoms with Crippen LogP contribution in [0.15, 0.2) is 23.0 Å². The number of fused-ring (bicyclic) bond motifs is 1. The van der Waals surface area contributed by atoms with Crippen molar-refractivity contribution in [2.75, 3.05) is 0 Å². The summed E-state index contributed by atoms with van der Waals surface area (Å²) in [6, 6.07) is 5.36. The van der Waals surface area contributed by atoms with Crippen LogP contribution in [-0.2, 0) is 6.42 Å². The normalized spacial score (nSPS) is 10.4. The Morgan fingerprint density at radius 1 is 1.47 bits per heavy atom. The number of benzene rings is 1. The van der Waals surface area contributed by atoms with Crippen LogP contribution in [0, 0.1) is 12.3 Å². The lowest BCUT2D eigenvalue weighted by Gasteiger charge is -2.02. The molecule has 0 bridgehead atoms. The minimum atomic E-state index is -0.207. The van der Waals surface area contributed by atoms with Gasteiger partial charge in [0, 0.05) is 12.0 Å². The molecule has 0 aliphatic heterocycles. The second-order valence-electron chi connectivity index (χ2n) is 4.00. The smallest absolute Gasteiger partial charge is 0.280 e. The zero-order valence-corrected chi connectivity index (χ0v) is 9.79. The fourth-order valence-electron chi connectivity index (χ4n) is 1.75. The maximum atomic E-state index is 11.8. The minimum Gasteiger partial charge on any atom is -0.343 e. The van der Waals surface area contributed by atoms with E-state index in [0.29, 0.717) is 10.9 Å². The van der Waals surface area contributed by atoms with Crippen molar-refractivity contribution in [2.45, 2.75) is 26.2 Å². The van der Waals surface area contributed by atoms with E-state index in [0.717, 1.165) is 30.6 Å². The van der Waals surface area contributed by atoms with E-state index in [1.807, 2.05) is 12.1 Å². The van der Waals surface area contributed by atoms with Crippen molar-refractivity contribution in [3.05, 3.63) is 39.9 Å². The lowest BCUT2D eigenvalue weighted by atomic mass is 10.1. The number of aromatic amines is 1. The Morgan fingerprint density at radius 2 is 2.29 bits per heavy atom. The third-order valence-electron chi connectivity index (χ3n) is 2.70. The molecule has 2 aromatic rings. The second kappa shape index (κ2) is 4.84. The van der Waals surface area contributed by atoms with Gasteiger partial charge in [-0.05, 0) is 24.6 Å². The number of unbranched alkanes of at least 4 members (excludes halogenated alkanes) is 1. The molecule has 0 radical (unpaired) electrons. The Hall–Kier alpha value is -2.08. The van der Waals surface area contributed by atoms with Crippen LogP contribution in [0.2, 0.25) is 0 Å². The quantitative estimate of drug-likeness (QED) is 0.816. The predicted octanol–water partition coefficient (Wildman–Crippen LogP) is 2.25. The van der Waals surface area contributed by atoms with Crippen molar-refractivity contribution in [1.82, 2.24) is 9.97 Å². The van der Waals surface area contributed by atoms with Crippen molar-refractivity contribution >= 4 is 10.9 Å². The van der Waals surface area contributed by atoms with Gasteiger partial charge in [-0.2, -0.15) is 4.98 Å². The highest BCUT2D eigenvalue weighted by atomic mass is 16.1. The fourth-order valence-corrected chi connectivity index (χ4v) is 1.75. The number of hydrogen-bond donors (Lipinski definition) is 1. The van der Waals surface area contributed by atoms with Gasteiger partial charge in [-0.25, -0.2) is 0 Å². The molecule has 17 heavy (non-hydrogen) atoms. The van der Waals surface area contributed by atoms with E-state index in [1.54, 1.807) is 6.07 Å². The third-order valence-corrected chi connectivity index (χ3v) is 2.70. The van der Waals surface area contributed by atoms with Crippen molar-refractivity contribution < 1.29 is 0 Å². The number of aryl methyl sites for hydroxylation is 1. The van der Waals surface area contributed by atoms with Gasteiger partial charge in [0.1, 0.15) is 5.82 Å². The minimum absolute atomic E-state index is 0.207. The molecule has 1 N–H and O–H groups in total. The van der Waals surface area contributed by atoms with Gasteiger partial charge >= 0.3 is 0 Å². The Balaban J connectivity index is 2.53. The van der Waals surface area contributed by atoms with Crippen molar-refractivity contribution in [3.8, 4) is 12.3 Å². The summed E-state index contributed by atoms with van der Waals surface area (Å²) in [6.07, 6.45) is 8.21. The first kappa shape index (κ1) is 11.4. The average Bonchev–Trinajstić information content (AvgIpc) is 2.36. The molecule has 3 heteroatoms. The third kappa shape index (κ3) is 2.36. The highest BCUT2D eigenvalue weighted by molar-refractivity contribution is 5.79. The van der Waals surface area contributed by atoms with Crippen LogP contribution in [0.4, 0.5) is 0 Å². The number of hydrogen-bond acceptors (Lipinski definition) is 2. The zero-order valence-electron chi connectivity index (χ0n) is 9.79. The first-order valence-electron chi connectivity index (χ1n) is 5.74. The molecule has 0 amide bonds. The standard InChI is InChI=1S/C14H14N2O/c1-3-5-6-13-15-12-8-7-10(4-2)9-11(12)14(17)16-13/h2,7-9H,3,5-6H2,1H3,(H,15,16,17). The van der Waals surface area contributed by atoms with E-state index in [9.17, 15) is 4.79 Å². The molecule has 0 spiro atoms. The monoisotopic (exact) mass is 226 g/mol. The number of nitrogens with zero attached hydrogens (tertiary/aromatic N) is 1. The lowest BCUT2D eigenvalue weighted by molar-refractivity contribution is 0.753. The summed E-state index contributed by atoms with van der Waals surface area (Å²) >= 11 is 0. The number of aromatic nitrogens is 2. The lowest BCUT2D eigenvalue weighted by Crippen LogP contribution is -2.12. The second-order valence-corrected chi connectivity index (χ2v) is 4.00. The average molecular weight is 226 g/mol. The molecule has 0 saturated heterocycles. The Morgan fingerprint density at radius 3 is 3.00 bits per heavy atom. The van der Waals surface area contributed by atoms with Crippen LogP contribution in [0.3, 0.4) is 0 Å². The molecular weight excluding hydrogens is 212 g/mol. The summed E-state index contributed by atoms with van der Waals surface area (Å²) in [6.45, 7) is 2.11. The van der Waals surface area contributed by atoms with Crippen LogP contribution < -0.4 is 5.56 Å². The predicted molar refractivity (Wildman–Crippen MR) is 68.9 cm³/mol. The summed E-state index contributed by atoms with van der Waals surface area (Å²) in [4.78, 5) is 19.0. The van der Waals surface area contributed by atoms with Gasteiger partial charge in [0.2, 0.25) is 0 Å². The molecule has 86 valence electrons. The number of H-pyrrole nitrogens is 1. The van der Waals surface area contributed by atoms with Crippen LogP contribution in [-0.4, -0.2) is 9.97 Å². The van der Waals surface area contributed by atoms with Crippen LogP contribution in [0.1, 0.15) is 31.2 Å². The van der Waals surface area contributed by atoms with E-state index in [4.69, 9.17) is 6.42 Å². The first-order valence-corrected chi connectivity index (χ1v) is 5.74. The summed E-state index contributed by atoms with van der Waals surface area (Å²) in [5.41, 5.74) is 1.29. The van der Waals surface area contributed by atoms with Crippen molar-refractivity contribution in [3.63, 3.8) is 0 Å².